The molecule has 1 aliphatic rings. The summed E-state index contributed by atoms with van der Waals surface area (Å²) in [5.74, 6) is 0. The number of aliphatic hydroxyl groups excluding tert-OH is 1. The minimum absolute atomic E-state index is 0.0329. The maximum Gasteiger partial charge on any atom is 0.225 e. The molecular formula is C9H17O3P. The average Bonchev–Trinajstić information content (AvgIpc) is 2.32. The van der Waals surface area contributed by atoms with Gasteiger partial charge in [-0.1, -0.05) is 0 Å². The van der Waals surface area contributed by atoms with Crippen LogP contribution >= 0.6 is 7.37 Å². The molecule has 0 fully saturated rings. The lowest BCUT2D eigenvalue weighted by Crippen LogP contribution is -2.00. The number of rotatable bonds is 3. The Morgan fingerprint density at radius 3 is 2.69 bits per heavy atom. The van der Waals surface area contributed by atoms with Crippen molar-refractivity contribution < 1.29 is 14.2 Å². The lowest BCUT2D eigenvalue weighted by atomic mass is 10.3. The van der Waals surface area contributed by atoms with Crippen LogP contribution < -0.4 is 0 Å². The second-order valence-corrected chi connectivity index (χ2v) is 6.24. The molecule has 0 amide bonds. The fourth-order valence-corrected chi connectivity index (χ4v) is 3.41. The van der Waals surface area contributed by atoms with Crippen molar-refractivity contribution in [3.8, 4) is 0 Å². The maximum absolute atomic E-state index is 12.0. The molecular weight excluding hydrogens is 187 g/mol. The van der Waals surface area contributed by atoms with Gasteiger partial charge in [0, 0.05) is 12.0 Å². The molecule has 0 saturated heterocycles. The lowest BCUT2D eigenvalue weighted by molar-refractivity contribution is 0.223. The fourth-order valence-electron chi connectivity index (χ4n) is 1.49. The Hall–Kier alpha value is -0.110. The first-order valence-corrected chi connectivity index (χ1v) is 6.64. The van der Waals surface area contributed by atoms with Crippen LogP contribution in [-0.2, 0) is 9.09 Å². The van der Waals surface area contributed by atoms with Crippen molar-refractivity contribution in [2.45, 2.75) is 38.9 Å². The lowest BCUT2D eigenvalue weighted by Gasteiger charge is -2.17. The highest BCUT2D eigenvalue weighted by molar-refractivity contribution is 7.62. The van der Waals surface area contributed by atoms with Crippen LogP contribution in [0.15, 0.2) is 11.4 Å². The molecule has 0 aromatic rings. The van der Waals surface area contributed by atoms with Gasteiger partial charge in [0.2, 0.25) is 7.37 Å². The molecule has 1 unspecified atom stereocenters. The summed E-state index contributed by atoms with van der Waals surface area (Å²) >= 11 is 0. The topological polar surface area (TPSA) is 46.5 Å². The molecule has 0 aromatic heterocycles. The molecule has 1 N–H and O–H groups in total. The van der Waals surface area contributed by atoms with Crippen LogP contribution in [0.5, 0.6) is 0 Å². The van der Waals surface area contributed by atoms with E-state index in [2.05, 4.69) is 0 Å². The third kappa shape index (κ3) is 2.94. The molecule has 0 aliphatic heterocycles. The number of allylic oxidation sites excluding steroid dienone is 1. The molecule has 0 saturated carbocycles. The summed E-state index contributed by atoms with van der Waals surface area (Å²) in [5, 5.41) is 10.0. The van der Waals surface area contributed by atoms with Gasteiger partial charge >= 0.3 is 0 Å². The van der Waals surface area contributed by atoms with Crippen molar-refractivity contribution in [3.05, 3.63) is 11.4 Å². The summed E-state index contributed by atoms with van der Waals surface area (Å²) in [6, 6.07) is 0. The Labute approximate surface area is 79.2 Å². The molecule has 1 rings (SSSR count). The van der Waals surface area contributed by atoms with Gasteiger partial charge in [-0.15, -0.1) is 0 Å². The quantitative estimate of drug-likeness (QED) is 0.718. The van der Waals surface area contributed by atoms with Crippen LogP contribution in [-0.4, -0.2) is 24.0 Å². The van der Waals surface area contributed by atoms with Crippen molar-refractivity contribution in [2.75, 3.05) is 6.66 Å². The van der Waals surface area contributed by atoms with E-state index in [1.165, 1.54) is 0 Å². The summed E-state index contributed by atoms with van der Waals surface area (Å²) in [6.07, 6.45) is 2.58. The molecule has 0 radical (unpaired) electrons. The Balaban J connectivity index is 2.70. The zero-order valence-corrected chi connectivity index (χ0v) is 9.25. The average molecular weight is 204 g/mol. The third-order valence-corrected chi connectivity index (χ3v) is 4.25. The molecule has 13 heavy (non-hydrogen) atoms. The Morgan fingerprint density at radius 2 is 2.31 bits per heavy atom. The van der Waals surface area contributed by atoms with Crippen LogP contribution in [0.1, 0.15) is 26.7 Å². The summed E-state index contributed by atoms with van der Waals surface area (Å²) in [4.78, 5) is 0. The van der Waals surface area contributed by atoms with Gasteiger partial charge in [-0.25, -0.2) is 0 Å². The number of aliphatic hydroxyl groups is 1. The van der Waals surface area contributed by atoms with E-state index in [0.717, 1.165) is 5.31 Å². The second kappa shape index (κ2) is 3.95. The van der Waals surface area contributed by atoms with E-state index in [4.69, 9.17) is 4.52 Å². The molecule has 76 valence electrons. The van der Waals surface area contributed by atoms with E-state index in [1.54, 1.807) is 12.7 Å². The van der Waals surface area contributed by atoms with Crippen molar-refractivity contribution in [3.63, 3.8) is 0 Å². The highest BCUT2D eigenvalue weighted by Gasteiger charge is 2.28. The van der Waals surface area contributed by atoms with Crippen LogP contribution in [0.4, 0.5) is 0 Å². The van der Waals surface area contributed by atoms with Gasteiger partial charge in [0.15, 0.2) is 0 Å². The van der Waals surface area contributed by atoms with Gasteiger partial charge < -0.3 is 9.63 Å². The highest BCUT2D eigenvalue weighted by Crippen LogP contribution is 2.56. The second-order valence-electron chi connectivity index (χ2n) is 3.76. The van der Waals surface area contributed by atoms with Crippen LogP contribution in [0.3, 0.4) is 0 Å². The molecule has 0 aromatic carbocycles. The Bertz CT molecular complexity index is 258. The molecule has 0 spiro atoms. The Kier molecular flexibility index (Phi) is 3.33. The van der Waals surface area contributed by atoms with E-state index in [1.807, 2.05) is 13.8 Å². The summed E-state index contributed by atoms with van der Waals surface area (Å²) in [7, 11) is -2.63. The van der Waals surface area contributed by atoms with Crippen molar-refractivity contribution in [1.29, 1.82) is 0 Å². The zero-order chi connectivity index (χ0) is 10.1. The predicted molar refractivity (Wildman–Crippen MR) is 53.1 cm³/mol. The molecule has 1 aliphatic carbocycles. The molecule has 2 atom stereocenters. The van der Waals surface area contributed by atoms with Gasteiger partial charge in [-0.05, 0) is 32.8 Å². The van der Waals surface area contributed by atoms with E-state index in [9.17, 15) is 9.67 Å². The minimum atomic E-state index is -2.63. The molecule has 0 heterocycles. The van der Waals surface area contributed by atoms with E-state index < -0.39 is 13.5 Å². The van der Waals surface area contributed by atoms with Gasteiger partial charge in [-0.2, -0.15) is 0 Å². The van der Waals surface area contributed by atoms with E-state index in [0.29, 0.717) is 12.8 Å². The number of hydrogen-bond acceptors (Lipinski definition) is 3. The Morgan fingerprint density at radius 1 is 1.69 bits per heavy atom. The van der Waals surface area contributed by atoms with E-state index in [-0.39, 0.29) is 6.10 Å². The smallest absolute Gasteiger partial charge is 0.225 e. The normalized spacial score (nSPS) is 27.5. The maximum atomic E-state index is 12.0. The molecule has 0 bridgehead atoms. The van der Waals surface area contributed by atoms with Crippen LogP contribution in [0, 0.1) is 0 Å². The fraction of sp³-hybridized carbons (Fsp3) is 0.778. The van der Waals surface area contributed by atoms with E-state index >= 15 is 0 Å². The molecule has 3 nitrogen and oxygen atoms in total. The van der Waals surface area contributed by atoms with Crippen LogP contribution in [0.25, 0.3) is 0 Å². The minimum Gasteiger partial charge on any atom is -0.389 e. The van der Waals surface area contributed by atoms with Crippen LogP contribution in [0.2, 0.25) is 0 Å². The molecule has 4 heteroatoms. The number of hydrogen-bond donors (Lipinski definition) is 1. The summed E-state index contributed by atoms with van der Waals surface area (Å²) < 4.78 is 17.3. The zero-order valence-electron chi connectivity index (χ0n) is 8.36. The van der Waals surface area contributed by atoms with Crippen molar-refractivity contribution in [1.82, 2.24) is 0 Å². The first kappa shape index (κ1) is 11.0. The van der Waals surface area contributed by atoms with Crippen molar-refractivity contribution in [2.24, 2.45) is 0 Å². The summed E-state index contributed by atoms with van der Waals surface area (Å²) in [6.45, 7) is 5.35. The summed E-state index contributed by atoms with van der Waals surface area (Å²) in [5.41, 5.74) is 0. The third-order valence-electron chi connectivity index (χ3n) is 2.01. The predicted octanol–water partition coefficient (Wildman–Crippen LogP) is 2.36. The van der Waals surface area contributed by atoms with Gasteiger partial charge in [0.1, 0.15) is 0 Å². The van der Waals surface area contributed by atoms with Gasteiger partial charge in [0.25, 0.3) is 0 Å². The monoisotopic (exact) mass is 204 g/mol. The SMILES string of the molecule is CC(C)OP(C)(=O)C1=C[C@H](O)CC1. The first-order valence-electron chi connectivity index (χ1n) is 4.57. The van der Waals surface area contributed by atoms with Gasteiger partial charge in [0.05, 0.1) is 12.2 Å². The highest BCUT2D eigenvalue weighted by atomic mass is 31.2. The van der Waals surface area contributed by atoms with Crippen molar-refractivity contribution >= 4 is 7.37 Å². The largest absolute Gasteiger partial charge is 0.389 e. The van der Waals surface area contributed by atoms with Gasteiger partial charge in [-0.3, -0.25) is 4.57 Å². The first-order chi connectivity index (χ1) is 5.92. The standard InChI is InChI=1S/C9H17O3P/c1-7(2)12-13(3,11)9-5-4-8(10)6-9/h6-8,10H,4-5H2,1-3H3/t8-,13?/m1/s1.